The third kappa shape index (κ3) is 4.17. The van der Waals surface area contributed by atoms with Crippen molar-refractivity contribution in [3.63, 3.8) is 0 Å². The Bertz CT molecular complexity index is 2480. The molecule has 0 unspecified atom stereocenters. The fraction of sp³-hybridized carbons (Fsp3) is 0. The van der Waals surface area contributed by atoms with Crippen LogP contribution >= 0.6 is 0 Å². The van der Waals surface area contributed by atoms with Gasteiger partial charge in [-0.25, -0.2) is 9.97 Å². The largest absolute Gasteiger partial charge is 0.292 e. The molecule has 45 heavy (non-hydrogen) atoms. The zero-order valence-electron chi connectivity index (χ0n) is 24.2. The average Bonchev–Trinajstić information content (AvgIpc) is 3.50. The van der Waals surface area contributed by atoms with Crippen LogP contribution in [0.2, 0.25) is 0 Å². The van der Waals surface area contributed by atoms with Crippen molar-refractivity contribution in [2.45, 2.75) is 0 Å². The van der Waals surface area contributed by atoms with Gasteiger partial charge in [-0.15, -0.1) is 0 Å². The van der Waals surface area contributed by atoms with Crippen LogP contribution in [0.5, 0.6) is 0 Å². The SMILES string of the molecule is c1ccc(-c2cc(-c3ccc(-c4cc5nc6ccccc6n5c5ccccc45)c4ccccc34)cc(-c3ccccn3)n2)nc1. The number of hydrogen-bond acceptors (Lipinski definition) is 4. The zero-order valence-corrected chi connectivity index (χ0v) is 24.2. The number of fused-ring (bicyclic) bond motifs is 6. The molecule has 5 aromatic heterocycles. The Morgan fingerprint density at radius 2 is 0.978 bits per heavy atom. The molecule has 5 heteroatoms. The summed E-state index contributed by atoms with van der Waals surface area (Å²) in [5.74, 6) is 0. The Labute approximate surface area is 259 Å². The third-order valence-electron chi connectivity index (χ3n) is 8.50. The molecule has 0 aliphatic heterocycles. The fourth-order valence-electron chi connectivity index (χ4n) is 6.48. The number of benzene rings is 4. The fourth-order valence-corrected chi connectivity index (χ4v) is 6.48. The van der Waals surface area contributed by atoms with E-state index in [2.05, 4.69) is 111 Å². The van der Waals surface area contributed by atoms with E-state index in [-0.39, 0.29) is 0 Å². The lowest BCUT2D eigenvalue weighted by atomic mass is 9.90. The van der Waals surface area contributed by atoms with Crippen molar-refractivity contribution in [3.05, 3.63) is 152 Å². The summed E-state index contributed by atoms with van der Waals surface area (Å²) in [7, 11) is 0. The van der Waals surface area contributed by atoms with E-state index in [4.69, 9.17) is 9.97 Å². The Balaban J connectivity index is 1.30. The van der Waals surface area contributed by atoms with Gasteiger partial charge in [-0.1, -0.05) is 78.9 Å². The highest BCUT2D eigenvalue weighted by molar-refractivity contribution is 6.10. The van der Waals surface area contributed by atoms with E-state index >= 15 is 0 Å². The zero-order chi connectivity index (χ0) is 29.7. The minimum atomic E-state index is 0.810. The van der Waals surface area contributed by atoms with Crippen molar-refractivity contribution in [1.29, 1.82) is 0 Å². The van der Waals surface area contributed by atoms with Gasteiger partial charge in [0.15, 0.2) is 0 Å². The molecule has 0 atom stereocenters. The molecule has 9 rings (SSSR count). The molecule has 0 fully saturated rings. The molecular formula is C40H25N5. The van der Waals surface area contributed by atoms with Gasteiger partial charge in [0.25, 0.3) is 0 Å². The molecule has 0 spiro atoms. The molecule has 0 N–H and O–H groups in total. The van der Waals surface area contributed by atoms with E-state index in [1.807, 2.05) is 42.5 Å². The first-order valence-corrected chi connectivity index (χ1v) is 15.0. The van der Waals surface area contributed by atoms with Crippen LogP contribution in [-0.4, -0.2) is 24.3 Å². The van der Waals surface area contributed by atoms with Gasteiger partial charge in [0.2, 0.25) is 0 Å². The summed E-state index contributed by atoms with van der Waals surface area (Å²) in [5, 5.41) is 3.53. The molecule has 0 aliphatic rings. The van der Waals surface area contributed by atoms with Gasteiger partial charge in [0.1, 0.15) is 5.65 Å². The van der Waals surface area contributed by atoms with Gasteiger partial charge < -0.3 is 0 Å². The smallest absolute Gasteiger partial charge is 0.139 e. The van der Waals surface area contributed by atoms with Crippen molar-refractivity contribution in [2.24, 2.45) is 0 Å². The van der Waals surface area contributed by atoms with Crippen LogP contribution in [0.3, 0.4) is 0 Å². The second-order valence-corrected chi connectivity index (χ2v) is 11.1. The maximum Gasteiger partial charge on any atom is 0.139 e. The summed E-state index contributed by atoms with van der Waals surface area (Å²) in [6.07, 6.45) is 3.61. The second kappa shape index (κ2) is 10.2. The Hall–Kier alpha value is -6.20. The number of imidazole rings is 1. The minimum Gasteiger partial charge on any atom is -0.292 e. The third-order valence-corrected chi connectivity index (χ3v) is 8.50. The van der Waals surface area contributed by atoms with Crippen LogP contribution in [-0.2, 0) is 0 Å². The molecule has 0 bridgehead atoms. The van der Waals surface area contributed by atoms with Gasteiger partial charge in [-0.2, -0.15) is 0 Å². The molecule has 0 aliphatic carbocycles. The monoisotopic (exact) mass is 575 g/mol. The van der Waals surface area contributed by atoms with Gasteiger partial charge in [-0.3, -0.25) is 14.4 Å². The summed E-state index contributed by atoms with van der Waals surface area (Å²) >= 11 is 0. The predicted molar refractivity (Wildman–Crippen MR) is 183 cm³/mol. The molecule has 210 valence electrons. The summed E-state index contributed by atoms with van der Waals surface area (Å²) in [5.41, 5.74) is 12.0. The number of hydrogen-bond donors (Lipinski definition) is 0. The maximum absolute atomic E-state index is 5.02. The van der Waals surface area contributed by atoms with Crippen LogP contribution in [0.25, 0.3) is 83.4 Å². The predicted octanol–water partition coefficient (Wildman–Crippen LogP) is 9.65. The first-order chi connectivity index (χ1) is 22.3. The number of aromatic nitrogens is 5. The van der Waals surface area contributed by atoms with Gasteiger partial charge in [-0.05, 0) is 93.7 Å². The van der Waals surface area contributed by atoms with Crippen LogP contribution in [0.4, 0.5) is 0 Å². The summed E-state index contributed by atoms with van der Waals surface area (Å²) in [4.78, 5) is 19.2. The average molecular weight is 576 g/mol. The van der Waals surface area contributed by atoms with E-state index < -0.39 is 0 Å². The minimum absolute atomic E-state index is 0.810. The Morgan fingerprint density at radius 1 is 0.400 bits per heavy atom. The van der Waals surface area contributed by atoms with Crippen molar-refractivity contribution < 1.29 is 0 Å². The molecule has 9 aromatic rings. The van der Waals surface area contributed by atoms with E-state index in [1.54, 1.807) is 12.4 Å². The molecular weight excluding hydrogens is 550 g/mol. The van der Waals surface area contributed by atoms with Crippen LogP contribution < -0.4 is 0 Å². The molecule has 0 radical (unpaired) electrons. The summed E-state index contributed by atoms with van der Waals surface area (Å²) in [6, 6.07) is 48.4. The lowest BCUT2D eigenvalue weighted by Gasteiger charge is -2.16. The highest BCUT2D eigenvalue weighted by Crippen LogP contribution is 2.40. The Kier molecular flexibility index (Phi) is 5.74. The van der Waals surface area contributed by atoms with E-state index in [0.717, 1.165) is 67.0 Å². The molecule has 4 aromatic carbocycles. The number of rotatable bonds is 4. The first-order valence-electron chi connectivity index (χ1n) is 15.0. The van der Waals surface area contributed by atoms with Crippen molar-refractivity contribution in [2.75, 3.05) is 0 Å². The highest BCUT2D eigenvalue weighted by Gasteiger charge is 2.17. The molecule has 5 heterocycles. The van der Waals surface area contributed by atoms with Gasteiger partial charge in [0.05, 0.1) is 39.3 Å². The van der Waals surface area contributed by atoms with E-state index in [1.165, 1.54) is 16.3 Å². The summed E-state index contributed by atoms with van der Waals surface area (Å²) < 4.78 is 2.26. The lowest BCUT2D eigenvalue weighted by Crippen LogP contribution is -1.95. The van der Waals surface area contributed by atoms with Crippen LogP contribution in [0.1, 0.15) is 0 Å². The molecule has 0 amide bonds. The van der Waals surface area contributed by atoms with Gasteiger partial charge >= 0.3 is 0 Å². The number of pyridine rings is 4. The molecule has 5 nitrogen and oxygen atoms in total. The summed E-state index contributed by atoms with van der Waals surface area (Å²) in [6.45, 7) is 0. The van der Waals surface area contributed by atoms with E-state index in [0.29, 0.717) is 0 Å². The molecule has 0 saturated carbocycles. The number of para-hydroxylation sites is 3. The van der Waals surface area contributed by atoms with Crippen LogP contribution in [0, 0.1) is 0 Å². The van der Waals surface area contributed by atoms with Gasteiger partial charge in [0, 0.05) is 17.8 Å². The van der Waals surface area contributed by atoms with Crippen molar-refractivity contribution in [3.8, 4) is 45.0 Å². The standard InChI is InChI=1S/C40H25N5/c1-2-12-29-28(11-1)27(26-23-36(33-14-7-9-21-41-33)43-37(24-26)34-15-8-10-22-42-34)19-20-30(29)32-25-40-44-35-16-4-6-18-39(35)45(40)38-17-5-3-13-31(32)38/h1-25H. The first kappa shape index (κ1) is 25.3. The quantitative estimate of drug-likeness (QED) is 0.210. The van der Waals surface area contributed by atoms with Crippen molar-refractivity contribution >= 4 is 38.4 Å². The van der Waals surface area contributed by atoms with Crippen molar-refractivity contribution in [1.82, 2.24) is 24.3 Å². The lowest BCUT2D eigenvalue weighted by molar-refractivity contribution is 1.22. The molecule has 0 saturated heterocycles. The normalized spacial score (nSPS) is 11.6. The van der Waals surface area contributed by atoms with E-state index in [9.17, 15) is 0 Å². The van der Waals surface area contributed by atoms with Crippen LogP contribution in [0.15, 0.2) is 152 Å². The second-order valence-electron chi connectivity index (χ2n) is 11.1. The number of nitrogens with zero attached hydrogens (tertiary/aromatic N) is 5. The topological polar surface area (TPSA) is 56.0 Å². The maximum atomic E-state index is 5.02. The highest BCUT2D eigenvalue weighted by atomic mass is 15.0. The Morgan fingerprint density at radius 3 is 1.67 bits per heavy atom.